The lowest BCUT2D eigenvalue weighted by Gasteiger charge is -2.23. The Morgan fingerprint density at radius 2 is 1.72 bits per heavy atom. The van der Waals surface area contributed by atoms with Crippen molar-refractivity contribution in [1.29, 1.82) is 0 Å². The molecule has 1 aliphatic carbocycles. The molecule has 32 heavy (non-hydrogen) atoms. The van der Waals surface area contributed by atoms with Gasteiger partial charge in [0.25, 0.3) is 0 Å². The standard InChI is InChI=1S/C29H29NO2/c1-20-9-8-10-21(15-20)19-30-27(23-13-6-3-7-14-23)17-24-16-25(22-11-4-2-5-12-22)26(29(31)32)18-28(24)30/h3,6-10,13-18,22H,2,4-5,11-12,19H2,1H3,(H,31,32). The molecular formula is C29H29NO2. The molecule has 1 saturated carbocycles. The second kappa shape index (κ2) is 8.66. The normalized spacial score (nSPS) is 14.7. The van der Waals surface area contributed by atoms with Gasteiger partial charge in [-0.1, -0.05) is 79.4 Å². The number of carbonyl (C=O) groups is 1. The first-order valence-electron chi connectivity index (χ1n) is 11.6. The molecule has 1 aromatic heterocycles. The molecule has 0 atom stereocenters. The topological polar surface area (TPSA) is 42.2 Å². The zero-order chi connectivity index (χ0) is 22.1. The Hall–Kier alpha value is -3.33. The third kappa shape index (κ3) is 3.95. The smallest absolute Gasteiger partial charge is 0.336 e. The molecule has 3 nitrogen and oxygen atoms in total. The Kier molecular flexibility index (Phi) is 5.57. The molecule has 3 aromatic carbocycles. The van der Waals surface area contributed by atoms with Crippen LogP contribution in [0.4, 0.5) is 0 Å². The van der Waals surface area contributed by atoms with Crippen LogP contribution in [0, 0.1) is 6.92 Å². The van der Waals surface area contributed by atoms with E-state index >= 15 is 0 Å². The van der Waals surface area contributed by atoms with Gasteiger partial charge in [0, 0.05) is 23.1 Å². The van der Waals surface area contributed by atoms with Crippen LogP contribution in [-0.2, 0) is 6.54 Å². The molecule has 0 saturated heterocycles. The highest BCUT2D eigenvalue weighted by Gasteiger charge is 2.24. The Morgan fingerprint density at radius 1 is 0.938 bits per heavy atom. The highest BCUT2D eigenvalue weighted by atomic mass is 16.4. The molecule has 0 bridgehead atoms. The molecule has 1 aliphatic rings. The van der Waals surface area contributed by atoms with Crippen LogP contribution in [0.3, 0.4) is 0 Å². The number of nitrogens with zero attached hydrogens (tertiary/aromatic N) is 1. The molecule has 4 aromatic rings. The molecule has 162 valence electrons. The number of rotatable bonds is 5. The van der Waals surface area contributed by atoms with Crippen LogP contribution >= 0.6 is 0 Å². The Bertz CT molecular complexity index is 1260. The Morgan fingerprint density at radius 3 is 2.44 bits per heavy atom. The summed E-state index contributed by atoms with van der Waals surface area (Å²) in [7, 11) is 0. The summed E-state index contributed by atoms with van der Waals surface area (Å²) in [6.45, 7) is 2.81. The third-order valence-electron chi connectivity index (χ3n) is 6.84. The molecular weight excluding hydrogens is 394 g/mol. The number of carboxylic acids is 1. The van der Waals surface area contributed by atoms with Crippen molar-refractivity contribution in [2.75, 3.05) is 0 Å². The summed E-state index contributed by atoms with van der Waals surface area (Å²) < 4.78 is 2.27. The predicted octanol–water partition coefficient (Wildman–Crippen LogP) is 7.41. The van der Waals surface area contributed by atoms with Crippen molar-refractivity contribution in [3.05, 3.63) is 95.1 Å². The Labute approximate surface area is 189 Å². The fraction of sp³-hybridized carbons (Fsp3) is 0.276. The average molecular weight is 424 g/mol. The van der Waals surface area contributed by atoms with Crippen molar-refractivity contribution in [3.63, 3.8) is 0 Å². The Balaban J connectivity index is 1.71. The van der Waals surface area contributed by atoms with Crippen LogP contribution in [0.15, 0.2) is 72.8 Å². The zero-order valence-corrected chi connectivity index (χ0v) is 18.6. The van der Waals surface area contributed by atoms with Gasteiger partial charge in [-0.2, -0.15) is 0 Å². The minimum atomic E-state index is -0.822. The van der Waals surface area contributed by atoms with E-state index in [1.807, 2.05) is 12.1 Å². The fourth-order valence-corrected chi connectivity index (χ4v) is 5.28. The molecule has 1 heterocycles. The number of fused-ring (bicyclic) bond motifs is 1. The van der Waals surface area contributed by atoms with Gasteiger partial charge < -0.3 is 9.67 Å². The summed E-state index contributed by atoms with van der Waals surface area (Å²) in [5.41, 5.74) is 7.18. The highest BCUT2D eigenvalue weighted by molar-refractivity contribution is 5.97. The number of carboxylic acid groups (broad SMARTS) is 1. The SMILES string of the molecule is Cc1cccc(Cn2c(-c3ccccc3)cc3cc(C4CCCCC4)c(C(=O)O)cc32)c1. The summed E-state index contributed by atoms with van der Waals surface area (Å²) >= 11 is 0. The van der Waals surface area contributed by atoms with E-state index in [0.717, 1.165) is 40.6 Å². The van der Waals surface area contributed by atoms with Crippen molar-refractivity contribution in [2.45, 2.75) is 51.5 Å². The van der Waals surface area contributed by atoms with Gasteiger partial charge in [0.2, 0.25) is 0 Å². The monoisotopic (exact) mass is 423 g/mol. The summed E-state index contributed by atoms with van der Waals surface area (Å²) in [5.74, 6) is -0.475. The molecule has 1 fully saturated rings. The van der Waals surface area contributed by atoms with E-state index < -0.39 is 5.97 Å². The molecule has 0 amide bonds. The van der Waals surface area contributed by atoms with Crippen molar-refractivity contribution in [2.24, 2.45) is 0 Å². The number of hydrogen-bond donors (Lipinski definition) is 1. The van der Waals surface area contributed by atoms with Crippen LogP contribution in [0.25, 0.3) is 22.2 Å². The number of hydrogen-bond acceptors (Lipinski definition) is 1. The molecule has 5 rings (SSSR count). The average Bonchev–Trinajstić information content (AvgIpc) is 3.17. The molecule has 3 heteroatoms. The van der Waals surface area contributed by atoms with E-state index in [-0.39, 0.29) is 0 Å². The molecule has 0 unspecified atom stereocenters. The van der Waals surface area contributed by atoms with Gasteiger partial charge in [0.1, 0.15) is 0 Å². The lowest BCUT2D eigenvalue weighted by atomic mass is 9.81. The lowest BCUT2D eigenvalue weighted by Crippen LogP contribution is -2.11. The first-order valence-corrected chi connectivity index (χ1v) is 11.6. The number of aromatic carboxylic acids is 1. The van der Waals surface area contributed by atoms with Gasteiger partial charge >= 0.3 is 5.97 Å². The summed E-state index contributed by atoms with van der Waals surface area (Å²) in [6.07, 6.45) is 5.80. The van der Waals surface area contributed by atoms with Gasteiger partial charge in [-0.25, -0.2) is 4.79 Å². The molecule has 0 radical (unpaired) electrons. The van der Waals surface area contributed by atoms with Crippen LogP contribution in [0.2, 0.25) is 0 Å². The van der Waals surface area contributed by atoms with Crippen LogP contribution in [0.1, 0.15) is 65.1 Å². The first-order chi connectivity index (χ1) is 15.6. The number of benzene rings is 3. The zero-order valence-electron chi connectivity index (χ0n) is 18.6. The van der Waals surface area contributed by atoms with Gasteiger partial charge in [-0.15, -0.1) is 0 Å². The number of aromatic nitrogens is 1. The van der Waals surface area contributed by atoms with Crippen molar-refractivity contribution in [3.8, 4) is 11.3 Å². The first kappa shape index (κ1) is 20.6. The van der Waals surface area contributed by atoms with Crippen LogP contribution < -0.4 is 0 Å². The van der Waals surface area contributed by atoms with Gasteiger partial charge in [-0.3, -0.25) is 0 Å². The van der Waals surface area contributed by atoms with E-state index in [0.29, 0.717) is 18.0 Å². The lowest BCUT2D eigenvalue weighted by molar-refractivity contribution is 0.0695. The van der Waals surface area contributed by atoms with Crippen molar-refractivity contribution in [1.82, 2.24) is 4.57 Å². The van der Waals surface area contributed by atoms with E-state index in [2.05, 4.69) is 72.2 Å². The van der Waals surface area contributed by atoms with Gasteiger partial charge in [0.15, 0.2) is 0 Å². The quantitative estimate of drug-likeness (QED) is 0.363. The predicted molar refractivity (Wildman–Crippen MR) is 130 cm³/mol. The fourth-order valence-electron chi connectivity index (χ4n) is 5.28. The second-order valence-corrected chi connectivity index (χ2v) is 9.11. The van der Waals surface area contributed by atoms with Gasteiger partial charge in [-0.05, 0) is 60.6 Å². The maximum Gasteiger partial charge on any atom is 0.336 e. The minimum Gasteiger partial charge on any atom is -0.478 e. The maximum atomic E-state index is 12.3. The summed E-state index contributed by atoms with van der Waals surface area (Å²) in [4.78, 5) is 12.3. The van der Waals surface area contributed by atoms with Crippen LogP contribution in [0.5, 0.6) is 0 Å². The van der Waals surface area contributed by atoms with E-state index in [1.165, 1.54) is 30.4 Å². The van der Waals surface area contributed by atoms with E-state index in [9.17, 15) is 9.90 Å². The summed E-state index contributed by atoms with van der Waals surface area (Å²) in [6, 6.07) is 25.2. The van der Waals surface area contributed by atoms with Crippen LogP contribution in [-0.4, -0.2) is 15.6 Å². The summed E-state index contributed by atoms with van der Waals surface area (Å²) in [5, 5.41) is 11.2. The second-order valence-electron chi connectivity index (χ2n) is 9.11. The molecule has 0 spiro atoms. The molecule has 1 N–H and O–H groups in total. The maximum absolute atomic E-state index is 12.3. The molecule has 0 aliphatic heterocycles. The minimum absolute atomic E-state index is 0.347. The van der Waals surface area contributed by atoms with Crippen molar-refractivity contribution >= 4 is 16.9 Å². The van der Waals surface area contributed by atoms with E-state index in [1.54, 1.807) is 0 Å². The van der Waals surface area contributed by atoms with Crippen molar-refractivity contribution < 1.29 is 9.90 Å². The largest absolute Gasteiger partial charge is 0.478 e. The third-order valence-corrected chi connectivity index (χ3v) is 6.84. The number of aryl methyl sites for hydroxylation is 1. The highest BCUT2D eigenvalue weighted by Crippen LogP contribution is 2.38. The van der Waals surface area contributed by atoms with Gasteiger partial charge in [0.05, 0.1) is 5.56 Å². The van der Waals surface area contributed by atoms with E-state index in [4.69, 9.17) is 0 Å².